The number of aryl methyl sites for hydroxylation is 1. The van der Waals surface area contributed by atoms with Gasteiger partial charge < -0.3 is 16.4 Å². The van der Waals surface area contributed by atoms with Gasteiger partial charge in [0.1, 0.15) is 5.00 Å². The summed E-state index contributed by atoms with van der Waals surface area (Å²) in [5.41, 5.74) is 7.66. The Kier molecular flexibility index (Phi) is 5.86. The molecule has 26 heavy (non-hydrogen) atoms. The van der Waals surface area contributed by atoms with E-state index in [-0.39, 0.29) is 11.7 Å². The van der Waals surface area contributed by atoms with E-state index in [1.165, 1.54) is 34.4 Å². The van der Waals surface area contributed by atoms with Crippen molar-refractivity contribution in [2.45, 2.75) is 11.3 Å². The molecule has 2 heterocycles. The first kappa shape index (κ1) is 18.4. The number of nitrogens with zero attached hydrogens (tertiary/aromatic N) is 2. The number of nitrogens with two attached hydrogens (primary N) is 1. The zero-order valence-corrected chi connectivity index (χ0v) is 16.1. The summed E-state index contributed by atoms with van der Waals surface area (Å²) in [6.45, 7) is 2.02. The second kappa shape index (κ2) is 8.30. The number of benzene rings is 1. The molecule has 0 spiro atoms. The van der Waals surface area contributed by atoms with Gasteiger partial charge in [0.05, 0.1) is 11.3 Å². The zero-order chi connectivity index (χ0) is 18.5. The molecule has 2 amide bonds. The Morgan fingerprint density at radius 2 is 2.12 bits per heavy atom. The molecule has 0 atom stereocenters. The highest BCUT2D eigenvalue weighted by Gasteiger charge is 2.14. The third kappa shape index (κ3) is 4.81. The molecule has 4 N–H and O–H groups in total. The Morgan fingerprint density at radius 3 is 2.88 bits per heavy atom. The predicted octanol–water partition coefficient (Wildman–Crippen LogP) is 3.48. The summed E-state index contributed by atoms with van der Waals surface area (Å²) in [5, 5.41) is 16.9. The fourth-order valence-electron chi connectivity index (χ4n) is 2.06. The van der Waals surface area contributed by atoms with Crippen molar-refractivity contribution in [1.82, 2.24) is 10.2 Å². The van der Waals surface area contributed by atoms with Crippen LogP contribution in [0.15, 0.2) is 40.1 Å². The van der Waals surface area contributed by atoms with Crippen LogP contribution >= 0.6 is 34.4 Å². The number of amides is 2. The van der Waals surface area contributed by atoms with Crippen molar-refractivity contribution in [2.24, 2.45) is 5.73 Å². The van der Waals surface area contributed by atoms with Crippen molar-refractivity contribution in [3.8, 4) is 0 Å². The zero-order valence-electron chi connectivity index (χ0n) is 13.7. The van der Waals surface area contributed by atoms with E-state index in [9.17, 15) is 9.59 Å². The molecule has 2 aromatic heterocycles. The van der Waals surface area contributed by atoms with Crippen molar-refractivity contribution >= 4 is 62.1 Å². The van der Waals surface area contributed by atoms with Crippen LogP contribution in [0.3, 0.4) is 0 Å². The number of thiophene rings is 1. The van der Waals surface area contributed by atoms with Gasteiger partial charge >= 0.3 is 0 Å². The molecule has 7 nitrogen and oxygen atoms in total. The molecule has 0 bridgehead atoms. The van der Waals surface area contributed by atoms with Crippen molar-refractivity contribution < 1.29 is 9.59 Å². The van der Waals surface area contributed by atoms with Crippen LogP contribution in [0.5, 0.6) is 0 Å². The molecule has 0 saturated carbocycles. The number of aromatic nitrogens is 2. The summed E-state index contributed by atoms with van der Waals surface area (Å²) in [6, 6.07) is 9.53. The van der Waals surface area contributed by atoms with E-state index < -0.39 is 5.91 Å². The lowest BCUT2D eigenvalue weighted by molar-refractivity contribution is -0.113. The molecular formula is C16H15N5O2S3. The number of carbonyl (C=O) groups is 2. The second-order valence-corrected chi connectivity index (χ2v) is 8.35. The van der Waals surface area contributed by atoms with E-state index in [0.29, 0.717) is 20.0 Å². The molecule has 0 saturated heterocycles. The summed E-state index contributed by atoms with van der Waals surface area (Å²) in [7, 11) is 0. The summed E-state index contributed by atoms with van der Waals surface area (Å²) in [6.07, 6.45) is 0. The molecule has 3 rings (SSSR count). The van der Waals surface area contributed by atoms with Gasteiger partial charge in [0.25, 0.3) is 5.91 Å². The minimum absolute atomic E-state index is 0.162. The van der Waals surface area contributed by atoms with Crippen LogP contribution in [0.2, 0.25) is 0 Å². The molecule has 0 aliphatic heterocycles. The van der Waals surface area contributed by atoms with Crippen molar-refractivity contribution in [1.29, 1.82) is 0 Å². The van der Waals surface area contributed by atoms with Gasteiger partial charge in [0.2, 0.25) is 11.0 Å². The highest BCUT2D eigenvalue weighted by molar-refractivity contribution is 8.01. The highest BCUT2D eigenvalue weighted by atomic mass is 32.2. The van der Waals surface area contributed by atoms with Crippen molar-refractivity contribution in [3.63, 3.8) is 0 Å². The van der Waals surface area contributed by atoms with Gasteiger partial charge in [0, 0.05) is 5.69 Å². The van der Waals surface area contributed by atoms with Crippen LogP contribution < -0.4 is 16.4 Å². The first-order valence-electron chi connectivity index (χ1n) is 7.48. The number of rotatable bonds is 7. The monoisotopic (exact) mass is 405 g/mol. The Bertz CT molecular complexity index is 937. The third-order valence-corrected chi connectivity index (χ3v) is 5.99. The van der Waals surface area contributed by atoms with E-state index in [1.54, 1.807) is 11.4 Å². The van der Waals surface area contributed by atoms with E-state index >= 15 is 0 Å². The Hall–Kier alpha value is -2.43. The van der Waals surface area contributed by atoms with Gasteiger partial charge in [-0.3, -0.25) is 9.59 Å². The second-order valence-electron chi connectivity index (χ2n) is 5.23. The number of nitrogens with one attached hydrogen (secondary N) is 2. The molecule has 134 valence electrons. The lowest BCUT2D eigenvalue weighted by Crippen LogP contribution is -2.17. The Labute approximate surface area is 162 Å². The van der Waals surface area contributed by atoms with Gasteiger partial charge in [-0.25, -0.2) is 0 Å². The molecule has 0 fully saturated rings. The van der Waals surface area contributed by atoms with Crippen LogP contribution in [0.4, 0.5) is 15.8 Å². The molecule has 3 aromatic rings. The van der Waals surface area contributed by atoms with E-state index in [2.05, 4.69) is 20.8 Å². The van der Waals surface area contributed by atoms with Crippen LogP contribution in [-0.2, 0) is 4.79 Å². The number of primary amides is 1. The molecule has 1 aromatic carbocycles. The smallest absolute Gasteiger partial charge is 0.251 e. The first-order valence-corrected chi connectivity index (χ1v) is 10.2. The average molecular weight is 406 g/mol. The van der Waals surface area contributed by atoms with E-state index in [0.717, 1.165) is 11.3 Å². The molecular weight excluding hydrogens is 390 g/mol. The maximum Gasteiger partial charge on any atom is 0.251 e. The van der Waals surface area contributed by atoms with Gasteiger partial charge in [-0.15, -0.1) is 21.5 Å². The maximum atomic E-state index is 12.1. The quantitative estimate of drug-likeness (QED) is 0.519. The minimum atomic E-state index is -0.565. The van der Waals surface area contributed by atoms with Gasteiger partial charge in [-0.2, -0.15) is 0 Å². The molecule has 0 unspecified atom stereocenters. The van der Waals surface area contributed by atoms with E-state index in [1.807, 2.05) is 31.2 Å². The molecule has 0 aliphatic carbocycles. The number of hydrogen-bond donors (Lipinski definition) is 3. The maximum absolute atomic E-state index is 12.1. The fraction of sp³-hybridized carbons (Fsp3) is 0.125. The van der Waals surface area contributed by atoms with Crippen LogP contribution in [0, 0.1) is 6.92 Å². The standard InChI is InChI=1S/C16H15N5O2S3/c1-9-3-2-4-10(7-9)18-15-20-21-16(26-15)25-8-12(22)19-14-11(13(17)23)5-6-24-14/h2-7H,8H2,1H3,(H2,17,23)(H,18,20)(H,19,22). The van der Waals surface area contributed by atoms with E-state index in [4.69, 9.17) is 5.73 Å². The van der Waals surface area contributed by atoms with Gasteiger partial charge in [0.15, 0.2) is 4.34 Å². The van der Waals surface area contributed by atoms with Crippen molar-refractivity contribution in [3.05, 3.63) is 46.8 Å². The van der Waals surface area contributed by atoms with Crippen LogP contribution in [0.25, 0.3) is 0 Å². The normalized spacial score (nSPS) is 10.5. The number of hydrogen-bond acceptors (Lipinski definition) is 8. The average Bonchev–Trinajstić information content (AvgIpc) is 3.22. The Balaban J connectivity index is 1.53. The van der Waals surface area contributed by atoms with Gasteiger partial charge in [-0.05, 0) is 36.1 Å². The summed E-state index contributed by atoms with van der Waals surface area (Å²) < 4.78 is 0.677. The van der Waals surface area contributed by atoms with Crippen LogP contribution in [0.1, 0.15) is 15.9 Å². The summed E-state index contributed by atoms with van der Waals surface area (Å²) >= 11 is 3.91. The number of carbonyl (C=O) groups excluding carboxylic acids is 2. The molecule has 0 radical (unpaired) electrons. The SMILES string of the molecule is Cc1cccc(Nc2nnc(SCC(=O)Nc3sccc3C(N)=O)s2)c1. The molecule has 0 aliphatic rings. The topological polar surface area (TPSA) is 110 Å². The predicted molar refractivity (Wildman–Crippen MR) is 107 cm³/mol. The third-order valence-electron chi connectivity index (χ3n) is 3.19. The number of anilines is 3. The fourth-order valence-corrected chi connectivity index (χ4v) is 4.44. The van der Waals surface area contributed by atoms with Gasteiger partial charge in [-0.1, -0.05) is 35.2 Å². The Morgan fingerprint density at radius 1 is 1.27 bits per heavy atom. The number of thioether (sulfide) groups is 1. The minimum Gasteiger partial charge on any atom is -0.366 e. The summed E-state index contributed by atoms with van der Waals surface area (Å²) in [5.74, 6) is -0.636. The lowest BCUT2D eigenvalue weighted by atomic mass is 10.2. The van der Waals surface area contributed by atoms with Crippen LogP contribution in [-0.4, -0.2) is 27.8 Å². The first-order chi connectivity index (χ1) is 12.5. The summed E-state index contributed by atoms with van der Waals surface area (Å²) in [4.78, 5) is 23.3. The lowest BCUT2D eigenvalue weighted by Gasteiger charge is -2.03. The van der Waals surface area contributed by atoms with Crippen molar-refractivity contribution in [2.75, 3.05) is 16.4 Å². The molecule has 10 heteroatoms. The highest BCUT2D eigenvalue weighted by Crippen LogP contribution is 2.28. The largest absolute Gasteiger partial charge is 0.366 e.